The van der Waals surface area contributed by atoms with E-state index in [1.807, 2.05) is 0 Å². The number of hydrogen-bond acceptors (Lipinski definition) is 23. The number of azo groups is 1. The van der Waals surface area contributed by atoms with Crippen LogP contribution in [0.5, 0.6) is 11.6 Å². The largest absolute Gasteiger partial charge is 3.00 e. The molecule has 0 atom stereocenters. The molecule has 6 aliphatic rings. The van der Waals surface area contributed by atoms with Crippen LogP contribution in [0.1, 0.15) is 141 Å². The number of nitro groups is 1. The molecule has 2 heterocycles. The Morgan fingerprint density at radius 3 is 1.53 bits per heavy atom. The van der Waals surface area contributed by atoms with Gasteiger partial charge in [-0.2, -0.15) is 20.3 Å². The van der Waals surface area contributed by atoms with Crippen molar-refractivity contribution in [1.29, 1.82) is 0 Å². The zero-order valence-corrected chi connectivity index (χ0v) is 49.9. The summed E-state index contributed by atoms with van der Waals surface area (Å²) in [5, 5.41) is 87.3. The van der Waals surface area contributed by atoms with E-state index in [2.05, 4.69) is 41.3 Å². The van der Waals surface area contributed by atoms with E-state index >= 15 is 0 Å². The van der Waals surface area contributed by atoms with Gasteiger partial charge in [0.25, 0.3) is 5.69 Å². The number of carbonyl (C=O) groups is 2. The quantitative estimate of drug-likeness (QED) is 0.0416. The topological polar surface area (TPSA) is 394 Å². The summed E-state index contributed by atoms with van der Waals surface area (Å²) in [5.41, 5.74) is -1.14. The van der Waals surface area contributed by atoms with Crippen LogP contribution >= 0.6 is 0 Å². The Hall–Kier alpha value is -6.91. The molecule has 1 aromatic heterocycles. The van der Waals surface area contributed by atoms with E-state index in [9.17, 15) is 66.3 Å². The molecule has 29 heteroatoms. The average molecular weight is 1250 g/mol. The summed E-state index contributed by atoms with van der Waals surface area (Å²) in [7, 11) is -9.27. The van der Waals surface area contributed by atoms with E-state index < -0.39 is 63.5 Å². The van der Waals surface area contributed by atoms with Crippen molar-refractivity contribution in [2.24, 2.45) is 25.5 Å². The summed E-state index contributed by atoms with van der Waals surface area (Å²) in [5.74, 6) is -2.68. The van der Waals surface area contributed by atoms with Gasteiger partial charge >= 0.3 is 23.3 Å². The normalized spacial score (nSPS) is 19.2. The second-order valence-electron chi connectivity index (χ2n) is 21.1. The fourth-order valence-corrected chi connectivity index (χ4v) is 11.4. The van der Waals surface area contributed by atoms with Crippen molar-refractivity contribution in [3.63, 3.8) is 0 Å². The van der Waals surface area contributed by atoms with Crippen LogP contribution in [-0.2, 0) is 47.2 Å². The molecule has 4 aromatic rings. The number of benzene rings is 3. The molecule has 0 spiro atoms. The number of ketones is 1. The molecule has 0 bridgehead atoms. The van der Waals surface area contributed by atoms with Gasteiger partial charge in [-0.05, 0) is 132 Å². The summed E-state index contributed by atoms with van der Waals surface area (Å²) in [6, 6.07) is 15.4. The second-order valence-corrected chi connectivity index (χ2v) is 23.8. The summed E-state index contributed by atoms with van der Waals surface area (Å²) in [6.45, 7) is 2.91. The zero-order valence-electron chi connectivity index (χ0n) is 46.9. The van der Waals surface area contributed by atoms with Crippen molar-refractivity contribution in [1.82, 2.24) is 25.6 Å². The number of carbonyl (C=O) groups excluding carboxylic acids is 2. The van der Waals surface area contributed by atoms with Gasteiger partial charge in [0.05, 0.1) is 43.2 Å². The van der Waals surface area contributed by atoms with Crippen LogP contribution in [0.15, 0.2) is 126 Å². The molecule has 85 heavy (non-hydrogen) atoms. The number of allylic oxidation sites excluding steroid dienone is 3. The number of hydrogen-bond donors (Lipinski definition) is 2. The van der Waals surface area contributed by atoms with Gasteiger partial charge in [-0.25, -0.2) is 21.5 Å². The molecule has 455 valence electrons. The Morgan fingerprint density at radius 2 is 1.09 bits per heavy atom. The summed E-state index contributed by atoms with van der Waals surface area (Å²) < 4.78 is 66.8. The fourth-order valence-electron chi connectivity index (χ4n) is 10.4. The van der Waals surface area contributed by atoms with Crippen LogP contribution in [0.3, 0.4) is 0 Å². The molecular weight excluding hydrogens is 1180 g/mol. The smallest absolute Gasteiger partial charge is 0.871 e. The minimum Gasteiger partial charge on any atom is -0.871 e. The molecule has 3 aromatic carbocycles. The molecule has 26 nitrogen and oxygen atoms in total. The Morgan fingerprint density at radius 1 is 0.635 bits per heavy atom. The molecular formula is C56H66CrN12O14S2-3. The molecule has 1 aliphatic heterocycles. The van der Waals surface area contributed by atoms with Gasteiger partial charge in [0, 0.05) is 47.9 Å². The number of non-ortho nitro benzene ring substituents is 1. The molecule has 10 rings (SSSR count). The van der Waals surface area contributed by atoms with Crippen molar-refractivity contribution in [2.45, 2.75) is 176 Å². The number of anilines is 1. The maximum absolute atomic E-state index is 12.5. The van der Waals surface area contributed by atoms with Crippen LogP contribution in [0.2, 0.25) is 0 Å². The van der Waals surface area contributed by atoms with Crippen LogP contribution in [0.25, 0.3) is 5.69 Å². The Kier molecular flexibility index (Phi) is 24.9. The van der Waals surface area contributed by atoms with E-state index in [-0.39, 0.29) is 74.3 Å². The molecule has 1 radical (unpaired) electrons. The molecule has 2 N–H and O–H groups in total. The Balaban J connectivity index is 0.000000192. The molecule has 1 amide bonds. The number of hydroxylamine groups is 2. The van der Waals surface area contributed by atoms with Gasteiger partial charge in [-0.3, -0.25) is 19.7 Å². The number of aryl methyl sites for hydroxylation is 1. The molecule has 0 saturated heterocycles. The van der Waals surface area contributed by atoms with Crippen molar-refractivity contribution in [3.8, 4) is 17.3 Å². The number of hydrazone groups is 1. The molecule has 5 aliphatic carbocycles. The number of aromatic nitrogens is 2. The average Bonchev–Trinajstić information content (AvgIpc) is 4.12. The van der Waals surface area contributed by atoms with Crippen LogP contribution in [0.4, 0.5) is 22.7 Å². The predicted octanol–water partition coefficient (Wildman–Crippen LogP) is 8.47. The monoisotopic (exact) mass is 1250 g/mol. The minimum atomic E-state index is -4.64. The van der Waals surface area contributed by atoms with Crippen molar-refractivity contribution in [2.75, 3.05) is 5.01 Å². The van der Waals surface area contributed by atoms with Crippen LogP contribution in [0, 0.1) is 27.5 Å². The van der Waals surface area contributed by atoms with Gasteiger partial charge < -0.3 is 45.6 Å². The number of amides is 1. The van der Waals surface area contributed by atoms with Crippen molar-refractivity contribution >= 4 is 71.8 Å². The Bertz CT molecular complexity index is 3320. The van der Waals surface area contributed by atoms with E-state index in [1.165, 1.54) is 167 Å². The minimum absolute atomic E-state index is 0. The van der Waals surface area contributed by atoms with Gasteiger partial charge in [-0.15, -0.1) is 15.3 Å². The van der Waals surface area contributed by atoms with Gasteiger partial charge in [0.1, 0.15) is 31.6 Å². The third-order valence-corrected chi connectivity index (χ3v) is 16.6. The van der Waals surface area contributed by atoms with E-state index in [1.54, 1.807) is 0 Å². The predicted molar refractivity (Wildman–Crippen MR) is 307 cm³/mol. The third kappa shape index (κ3) is 19.6. The fraction of sp³-hybridized carbons (Fsp3) is 0.464. The van der Waals surface area contributed by atoms with Crippen LogP contribution < -0.4 is 25.9 Å². The SMILES string of the molecule is C1CCC(NC2CCCCC2)CC1.C1CCC(NC2CCCCC2)CC1.CC1=NN(c2ccc(S(=O)(=O)[O-])cc2)C(=O)C1=NN=C1C=C(N([O-])[O-])C=CC1=O.Cc1nn(-c2ccc(S(=O)(=O)[O-])cc2)c([O-])c1N=Nc1cc([N+](=O)[O-])ccc1[O-].[Cr+3]. The maximum atomic E-state index is 12.5. The van der Waals surface area contributed by atoms with Gasteiger partial charge in [0.15, 0.2) is 5.71 Å². The first-order valence-corrected chi connectivity index (χ1v) is 30.8. The second kappa shape index (κ2) is 31.5. The summed E-state index contributed by atoms with van der Waals surface area (Å²) >= 11 is 0. The maximum Gasteiger partial charge on any atom is 3.00 e. The number of nitrogens with one attached hydrogen (secondary N) is 2. The molecule has 4 saturated carbocycles. The van der Waals surface area contributed by atoms with Crippen LogP contribution in [-0.4, -0.2) is 98.9 Å². The number of nitro benzene ring substituents is 1. The first kappa shape index (κ1) is 67.2. The number of nitrogens with zero attached hydrogens (tertiary/aromatic N) is 10. The van der Waals surface area contributed by atoms with E-state index in [0.717, 1.165) is 94.6 Å². The van der Waals surface area contributed by atoms with Crippen molar-refractivity contribution < 1.29 is 68.0 Å². The van der Waals surface area contributed by atoms with Gasteiger partial charge in [0.2, 0.25) is 5.78 Å². The van der Waals surface area contributed by atoms with Gasteiger partial charge in [-0.1, -0.05) is 88.9 Å². The summed E-state index contributed by atoms with van der Waals surface area (Å²) in [4.78, 5) is 33.5. The molecule has 4 fully saturated rings. The Labute approximate surface area is 503 Å². The van der Waals surface area contributed by atoms with E-state index in [4.69, 9.17) is 0 Å². The standard InChI is InChI=1S/C16H13N5O7S.C16H11N5O7S.2C12H23N.Cr/c2*1-9-15(18-17-13-8-11(21(24)25)4-7-14(13)22)16(23)20(19-9)10-2-5-12(6-3-10)29(26,27)28;2*1-3-7-11(8-4-1)13-12-9-5-2-6-10-12;/h2-8,22-23H,1H3,(H,26,27,28);2-8H,1H3,(H,26,27,28);2*11-13H,1-10H2;/q;-2;;;+3/p-4. The number of rotatable bonds is 13. The van der Waals surface area contributed by atoms with Crippen molar-refractivity contribution in [3.05, 3.63) is 117 Å². The first-order valence-electron chi connectivity index (χ1n) is 28.0. The summed E-state index contributed by atoms with van der Waals surface area (Å²) in [6.07, 6.45) is 32.0. The first-order chi connectivity index (χ1) is 40.0. The molecule has 0 unspecified atom stereocenters. The zero-order chi connectivity index (χ0) is 60.6. The van der Waals surface area contributed by atoms with E-state index in [0.29, 0.717) is 0 Å². The third-order valence-electron chi connectivity index (χ3n) is 14.9.